The van der Waals surface area contributed by atoms with Crippen molar-refractivity contribution in [2.45, 2.75) is 46.1 Å². The molecule has 1 unspecified atom stereocenters. The minimum atomic E-state index is -0.0471. The molecule has 0 saturated carbocycles. The fraction of sp³-hybridized carbons (Fsp3) is 0.450. The van der Waals surface area contributed by atoms with Gasteiger partial charge in [0.2, 0.25) is 5.88 Å². The van der Waals surface area contributed by atoms with Gasteiger partial charge in [-0.15, -0.1) is 0 Å². The second-order valence-corrected chi connectivity index (χ2v) is 5.94. The van der Waals surface area contributed by atoms with Crippen molar-refractivity contribution in [1.29, 1.82) is 0 Å². The summed E-state index contributed by atoms with van der Waals surface area (Å²) in [5.41, 5.74) is 1.38. The van der Waals surface area contributed by atoms with E-state index in [4.69, 9.17) is 9.47 Å². The Bertz CT molecular complexity index is 550. The van der Waals surface area contributed by atoms with Gasteiger partial charge >= 0.3 is 0 Å². The van der Waals surface area contributed by atoms with Gasteiger partial charge in [0.05, 0.1) is 0 Å². The summed E-state index contributed by atoms with van der Waals surface area (Å²) in [6, 6.07) is 14.1. The highest BCUT2D eigenvalue weighted by Crippen LogP contribution is 2.19. The molecular formula is C20H27NO2. The van der Waals surface area contributed by atoms with E-state index in [1.807, 2.05) is 37.3 Å². The summed E-state index contributed by atoms with van der Waals surface area (Å²) in [6.07, 6.45) is 5.29. The largest absolute Gasteiger partial charge is 0.490 e. The highest BCUT2D eigenvalue weighted by atomic mass is 16.5. The summed E-state index contributed by atoms with van der Waals surface area (Å²) in [5.74, 6) is 2.28. The summed E-state index contributed by atoms with van der Waals surface area (Å²) >= 11 is 0. The number of rotatable bonds is 9. The van der Waals surface area contributed by atoms with E-state index in [1.54, 1.807) is 6.20 Å². The molecule has 0 spiro atoms. The molecule has 0 saturated heterocycles. The van der Waals surface area contributed by atoms with Crippen molar-refractivity contribution in [2.24, 2.45) is 5.92 Å². The zero-order chi connectivity index (χ0) is 16.5. The predicted molar refractivity (Wildman–Crippen MR) is 94.0 cm³/mol. The van der Waals surface area contributed by atoms with Gasteiger partial charge in [-0.05, 0) is 43.0 Å². The smallest absolute Gasteiger partial charge is 0.213 e. The van der Waals surface area contributed by atoms with Gasteiger partial charge in [0.1, 0.15) is 18.5 Å². The van der Waals surface area contributed by atoms with Crippen molar-refractivity contribution in [1.82, 2.24) is 4.98 Å². The molecule has 2 aromatic rings. The van der Waals surface area contributed by atoms with E-state index in [0.29, 0.717) is 12.5 Å². The Balaban J connectivity index is 1.79. The first kappa shape index (κ1) is 17.3. The maximum atomic E-state index is 5.80. The Labute approximate surface area is 139 Å². The normalized spacial score (nSPS) is 12.2. The van der Waals surface area contributed by atoms with Gasteiger partial charge in [0.25, 0.3) is 0 Å². The Morgan fingerprint density at radius 1 is 1.00 bits per heavy atom. The second kappa shape index (κ2) is 9.19. The number of pyridine rings is 1. The number of benzene rings is 1. The van der Waals surface area contributed by atoms with Crippen LogP contribution >= 0.6 is 0 Å². The van der Waals surface area contributed by atoms with E-state index in [-0.39, 0.29) is 6.10 Å². The average molecular weight is 313 g/mol. The molecule has 3 nitrogen and oxygen atoms in total. The number of aromatic nitrogens is 1. The van der Waals surface area contributed by atoms with Crippen molar-refractivity contribution in [3.8, 4) is 11.6 Å². The second-order valence-electron chi connectivity index (χ2n) is 5.94. The lowest BCUT2D eigenvalue weighted by molar-refractivity contribution is 0.138. The molecule has 0 aliphatic carbocycles. The molecule has 0 amide bonds. The van der Waals surface area contributed by atoms with Crippen molar-refractivity contribution < 1.29 is 9.47 Å². The maximum absolute atomic E-state index is 5.80. The van der Waals surface area contributed by atoms with Crippen LogP contribution in [0, 0.1) is 5.92 Å². The molecule has 1 aromatic heterocycles. The van der Waals surface area contributed by atoms with Crippen LogP contribution in [0.25, 0.3) is 0 Å². The van der Waals surface area contributed by atoms with Crippen LogP contribution in [0.3, 0.4) is 0 Å². The third kappa shape index (κ3) is 5.93. The summed E-state index contributed by atoms with van der Waals surface area (Å²) < 4.78 is 11.5. The molecule has 0 bridgehead atoms. The van der Waals surface area contributed by atoms with Crippen molar-refractivity contribution in [2.75, 3.05) is 6.61 Å². The fourth-order valence-corrected chi connectivity index (χ4v) is 2.50. The molecule has 1 aromatic carbocycles. The van der Waals surface area contributed by atoms with E-state index >= 15 is 0 Å². The molecule has 0 aliphatic heterocycles. The molecular weight excluding hydrogens is 286 g/mol. The van der Waals surface area contributed by atoms with Gasteiger partial charge in [-0.1, -0.05) is 44.9 Å². The molecule has 0 fully saturated rings. The lowest BCUT2D eigenvalue weighted by Gasteiger charge is -2.15. The van der Waals surface area contributed by atoms with Crippen LogP contribution in [0.1, 0.15) is 39.2 Å². The van der Waals surface area contributed by atoms with Crippen LogP contribution in [0.2, 0.25) is 0 Å². The molecule has 124 valence electrons. The average Bonchev–Trinajstić information content (AvgIpc) is 2.60. The summed E-state index contributed by atoms with van der Waals surface area (Å²) in [5, 5.41) is 0. The van der Waals surface area contributed by atoms with Crippen LogP contribution in [-0.4, -0.2) is 17.7 Å². The Kier molecular flexibility index (Phi) is 6.92. The highest BCUT2D eigenvalue weighted by Gasteiger charge is 2.07. The summed E-state index contributed by atoms with van der Waals surface area (Å²) in [7, 11) is 0. The van der Waals surface area contributed by atoms with Gasteiger partial charge in [-0.25, -0.2) is 4.98 Å². The third-order valence-corrected chi connectivity index (χ3v) is 4.05. The minimum Gasteiger partial charge on any atom is -0.490 e. The predicted octanol–water partition coefficient (Wildman–Crippen LogP) is 4.91. The van der Waals surface area contributed by atoms with E-state index in [2.05, 4.69) is 31.0 Å². The minimum absolute atomic E-state index is 0.0471. The first-order valence-electron chi connectivity index (χ1n) is 8.50. The van der Waals surface area contributed by atoms with Gasteiger partial charge in [-0.2, -0.15) is 0 Å². The standard InChI is InChI=1S/C20H27NO2/c1-4-17(5-2)14-18-9-11-19(12-10-18)22-15-16(3)23-20-8-6-7-13-21-20/h6-13,16-17H,4-5,14-15H2,1-3H3. The first-order valence-corrected chi connectivity index (χ1v) is 8.50. The van der Waals surface area contributed by atoms with Crippen LogP contribution in [0.5, 0.6) is 11.6 Å². The zero-order valence-electron chi connectivity index (χ0n) is 14.4. The van der Waals surface area contributed by atoms with Crippen LogP contribution < -0.4 is 9.47 Å². The number of hydrogen-bond donors (Lipinski definition) is 0. The topological polar surface area (TPSA) is 31.4 Å². The van der Waals surface area contributed by atoms with Gasteiger partial charge < -0.3 is 9.47 Å². The third-order valence-electron chi connectivity index (χ3n) is 4.05. The molecule has 1 atom stereocenters. The number of hydrogen-bond acceptors (Lipinski definition) is 3. The molecule has 23 heavy (non-hydrogen) atoms. The summed E-state index contributed by atoms with van der Waals surface area (Å²) in [4.78, 5) is 4.15. The molecule has 0 N–H and O–H groups in total. The highest BCUT2D eigenvalue weighted by molar-refractivity contribution is 5.27. The lowest BCUT2D eigenvalue weighted by Crippen LogP contribution is -2.21. The monoisotopic (exact) mass is 313 g/mol. The molecule has 0 aliphatic rings. The zero-order valence-corrected chi connectivity index (χ0v) is 14.4. The maximum Gasteiger partial charge on any atom is 0.213 e. The van der Waals surface area contributed by atoms with Crippen LogP contribution in [0.4, 0.5) is 0 Å². The Morgan fingerprint density at radius 2 is 1.74 bits per heavy atom. The quantitative estimate of drug-likeness (QED) is 0.659. The van der Waals surface area contributed by atoms with Gasteiger partial charge in [0, 0.05) is 12.3 Å². The van der Waals surface area contributed by atoms with E-state index in [1.165, 1.54) is 18.4 Å². The Hall–Kier alpha value is -2.03. The number of ether oxygens (including phenoxy) is 2. The number of nitrogens with zero attached hydrogens (tertiary/aromatic N) is 1. The van der Waals surface area contributed by atoms with E-state index < -0.39 is 0 Å². The van der Waals surface area contributed by atoms with Crippen molar-refractivity contribution >= 4 is 0 Å². The van der Waals surface area contributed by atoms with Crippen molar-refractivity contribution in [3.63, 3.8) is 0 Å². The molecule has 2 rings (SSSR count). The van der Waals surface area contributed by atoms with E-state index in [0.717, 1.165) is 18.1 Å². The SMILES string of the molecule is CCC(CC)Cc1ccc(OCC(C)Oc2ccccn2)cc1. The van der Waals surface area contributed by atoms with Crippen LogP contribution in [-0.2, 0) is 6.42 Å². The molecule has 3 heteroatoms. The first-order chi connectivity index (χ1) is 11.2. The van der Waals surface area contributed by atoms with Gasteiger partial charge in [-0.3, -0.25) is 0 Å². The molecule has 0 radical (unpaired) electrons. The lowest BCUT2D eigenvalue weighted by atomic mass is 9.95. The Morgan fingerprint density at radius 3 is 2.35 bits per heavy atom. The summed E-state index contributed by atoms with van der Waals surface area (Å²) in [6.45, 7) is 7.00. The molecule has 1 heterocycles. The van der Waals surface area contributed by atoms with Gasteiger partial charge in [0.15, 0.2) is 0 Å². The van der Waals surface area contributed by atoms with E-state index in [9.17, 15) is 0 Å². The van der Waals surface area contributed by atoms with Crippen molar-refractivity contribution in [3.05, 3.63) is 54.2 Å². The fourth-order valence-electron chi connectivity index (χ4n) is 2.50. The van der Waals surface area contributed by atoms with Crippen LogP contribution in [0.15, 0.2) is 48.7 Å².